The van der Waals surface area contributed by atoms with Crippen LogP contribution in [0.25, 0.3) is 11.0 Å². The van der Waals surface area contributed by atoms with Gasteiger partial charge >= 0.3 is 0 Å². The van der Waals surface area contributed by atoms with Crippen molar-refractivity contribution < 1.29 is 9.53 Å². The first kappa shape index (κ1) is 22.8. The quantitative estimate of drug-likeness (QED) is 0.591. The first-order chi connectivity index (χ1) is 15.7. The van der Waals surface area contributed by atoms with Crippen LogP contribution < -0.4 is 15.2 Å². The van der Waals surface area contributed by atoms with Crippen molar-refractivity contribution in [2.75, 3.05) is 38.2 Å². The monoisotopic (exact) mass is 452 g/mol. The molecule has 0 spiro atoms. The molecule has 9 heteroatoms. The van der Waals surface area contributed by atoms with Crippen molar-refractivity contribution in [3.8, 4) is 5.75 Å². The maximum atomic E-state index is 13.1. The van der Waals surface area contributed by atoms with Gasteiger partial charge in [-0.25, -0.2) is 9.67 Å². The van der Waals surface area contributed by atoms with Crippen molar-refractivity contribution in [2.45, 2.75) is 46.2 Å². The van der Waals surface area contributed by atoms with Crippen molar-refractivity contribution in [1.82, 2.24) is 24.2 Å². The van der Waals surface area contributed by atoms with E-state index in [2.05, 4.69) is 15.0 Å². The van der Waals surface area contributed by atoms with Crippen molar-refractivity contribution >= 4 is 22.6 Å². The van der Waals surface area contributed by atoms with Crippen LogP contribution in [0.15, 0.2) is 35.3 Å². The molecule has 0 saturated carbocycles. The number of methoxy groups -OCH3 is 1. The van der Waals surface area contributed by atoms with Crippen LogP contribution >= 0.6 is 0 Å². The lowest BCUT2D eigenvalue weighted by Crippen LogP contribution is -2.49. The van der Waals surface area contributed by atoms with E-state index in [1.165, 1.54) is 0 Å². The van der Waals surface area contributed by atoms with Gasteiger partial charge in [-0.15, -0.1) is 0 Å². The summed E-state index contributed by atoms with van der Waals surface area (Å²) in [6, 6.07) is 7.97. The van der Waals surface area contributed by atoms with Gasteiger partial charge in [0.05, 0.1) is 18.8 Å². The fourth-order valence-corrected chi connectivity index (χ4v) is 4.23. The smallest absolute Gasteiger partial charge is 0.264 e. The van der Waals surface area contributed by atoms with Crippen LogP contribution in [0.5, 0.6) is 5.75 Å². The number of amides is 1. The Balaban J connectivity index is 1.39. The van der Waals surface area contributed by atoms with E-state index in [-0.39, 0.29) is 23.4 Å². The average Bonchev–Trinajstić information content (AvgIpc) is 3.23. The molecule has 1 saturated heterocycles. The third-order valence-electron chi connectivity index (χ3n) is 6.13. The van der Waals surface area contributed by atoms with Gasteiger partial charge in [-0.1, -0.05) is 0 Å². The molecule has 4 rings (SSSR count). The number of fused-ring (bicyclic) bond motifs is 1. The Hall–Kier alpha value is -3.36. The fourth-order valence-electron chi connectivity index (χ4n) is 4.23. The van der Waals surface area contributed by atoms with E-state index >= 15 is 0 Å². The second-order valence-corrected chi connectivity index (χ2v) is 9.40. The Labute approximate surface area is 193 Å². The Kier molecular flexibility index (Phi) is 6.14. The number of carbonyl (C=O) groups excluding carboxylic acids is 1. The number of carbonyl (C=O) groups is 1. The third kappa shape index (κ3) is 4.58. The highest BCUT2D eigenvalue weighted by Crippen LogP contribution is 2.21. The summed E-state index contributed by atoms with van der Waals surface area (Å²) in [5.74, 6) is 1.48. The third-order valence-corrected chi connectivity index (χ3v) is 6.13. The second-order valence-electron chi connectivity index (χ2n) is 9.40. The number of hydrogen-bond acceptors (Lipinski definition) is 6. The number of nitrogens with zero attached hydrogens (tertiary/aromatic N) is 6. The number of hydrogen-bond donors (Lipinski definition) is 0. The summed E-state index contributed by atoms with van der Waals surface area (Å²) in [7, 11) is 1.65. The van der Waals surface area contributed by atoms with Crippen LogP contribution in [0, 0.1) is 6.92 Å². The van der Waals surface area contributed by atoms with Crippen LogP contribution in [-0.2, 0) is 16.9 Å². The summed E-state index contributed by atoms with van der Waals surface area (Å²) in [5.41, 5.74) is 1.29. The topological polar surface area (TPSA) is 85.5 Å². The van der Waals surface area contributed by atoms with Gasteiger partial charge in [0.1, 0.15) is 17.0 Å². The Morgan fingerprint density at radius 3 is 2.36 bits per heavy atom. The number of piperazine rings is 1. The zero-order valence-electron chi connectivity index (χ0n) is 20.0. The van der Waals surface area contributed by atoms with Gasteiger partial charge in [-0.3, -0.25) is 14.2 Å². The molecule has 0 unspecified atom stereocenters. The predicted molar refractivity (Wildman–Crippen MR) is 128 cm³/mol. The highest BCUT2D eigenvalue weighted by molar-refractivity contribution is 5.77. The fraction of sp³-hybridized carbons (Fsp3) is 0.500. The molecule has 3 heterocycles. The Morgan fingerprint density at radius 2 is 1.76 bits per heavy atom. The van der Waals surface area contributed by atoms with E-state index in [1.54, 1.807) is 29.5 Å². The molecule has 2 aromatic heterocycles. The van der Waals surface area contributed by atoms with Gasteiger partial charge in [0.15, 0.2) is 5.65 Å². The number of benzene rings is 1. The normalized spacial score (nSPS) is 14.7. The van der Waals surface area contributed by atoms with Crippen molar-refractivity contribution in [1.29, 1.82) is 0 Å². The summed E-state index contributed by atoms with van der Waals surface area (Å²) >= 11 is 0. The van der Waals surface area contributed by atoms with E-state index in [9.17, 15) is 9.59 Å². The SMILES string of the molecule is COc1ccc(N2CCN(C(=O)CCn3c(C)nc4c(cnn4C(C)(C)C)c3=O)CC2)cc1. The van der Waals surface area contributed by atoms with E-state index in [4.69, 9.17) is 4.74 Å². The molecular formula is C24H32N6O3. The standard InChI is InChI=1S/C24H32N6O3/c1-17-26-22-20(16-25-30(22)24(2,3)4)23(32)29(17)11-10-21(31)28-14-12-27(13-15-28)18-6-8-19(33-5)9-7-18/h6-9,16H,10-15H2,1-5H3. The molecule has 3 aromatic rings. The van der Waals surface area contributed by atoms with E-state index in [0.717, 1.165) is 24.5 Å². The predicted octanol–water partition coefficient (Wildman–Crippen LogP) is 2.40. The van der Waals surface area contributed by atoms with Gasteiger partial charge in [0.25, 0.3) is 5.56 Å². The average molecular weight is 453 g/mol. The van der Waals surface area contributed by atoms with E-state index in [1.807, 2.05) is 49.9 Å². The molecule has 1 aliphatic rings. The molecular weight excluding hydrogens is 420 g/mol. The van der Waals surface area contributed by atoms with Crippen LogP contribution in [0.1, 0.15) is 33.0 Å². The van der Waals surface area contributed by atoms with E-state index < -0.39 is 0 Å². The number of aryl methyl sites for hydroxylation is 1. The summed E-state index contributed by atoms with van der Waals surface area (Å²) in [6.45, 7) is 11.1. The minimum absolute atomic E-state index is 0.0566. The van der Waals surface area contributed by atoms with Crippen molar-refractivity contribution in [2.24, 2.45) is 0 Å². The lowest BCUT2D eigenvalue weighted by atomic mass is 10.1. The maximum Gasteiger partial charge on any atom is 0.264 e. The number of ether oxygens (including phenoxy) is 1. The molecule has 0 bridgehead atoms. The summed E-state index contributed by atoms with van der Waals surface area (Å²) in [4.78, 5) is 34.7. The Bertz CT molecular complexity index is 1200. The lowest BCUT2D eigenvalue weighted by Gasteiger charge is -2.36. The highest BCUT2D eigenvalue weighted by atomic mass is 16.5. The molecule has 1 aliphatic heterocycles. The van der Waals surface area contributed by atoms with Crippen LogP contribution in [-0.4, -0.2) is 63.4 Å². The summed E-state index contributed by atoms with van der Waals surface area (Å²) < 4.78 is 8.58. The van der Waals surface area contributed by atoms with Crippen LogP contribution in [0.2, 0.25) is 0 Å². The molecule has 0 radical (unpaired) electrons. The number of aromatic nitrogens is 4. The molecule has 0 aliphatic carbocycles. The molecule has 0 atom stereocenters. The largest absolute Gasteiger partial charge is 0.497 e. The number of anilines is 1. The highest BCUT2D eigenvalue weighted by Gasteiger charge is 2.23. The zero-order chi connectivity index (χ0) is 23.8. The van der Waals surface area contributed by atoms with Gasteiger partial charge in [-0.2, -0.15) is 5.10 Å². The zero-order valence-corrected chi connectivity index (χ0v) is 20.0. The van der Waals surface area contributed by atoms with Gasteiger partial charge < -0.3 is 14.5 Å². The van der Waals surface area contributed by atoms with Crippen LogP contribution in [0.4, 0.5) is 5.69 Å². The molecule has 1 aromatic carbocycles. The molecule has 1 fully saturated rings. The minimum atomic E-state index is -0.274. The molecule has 176 valence electrons. The van der Waals surface area contributed by atoms with Crippen molar-refractivity contribution in [3.63, 3.8) is 0 Å². The van der Waals surface area contributed by atoms with Crippen LogP contribution in [0.3, 0.4) is 0 Å². The molecule has 1 amide bonds. The summed E-state index contributed by atoms with van der Waals surface area (Å²) in [5, 5.41) is 4.86. The molecule has 33 heavy (non-hydrogen) atoms. The minimum Gasteiger partial charge on any atom is -0.497 e. The lowest BCUT2D eigenvalue weighted by molar-refractivity contribution is -0.131. The first-order valence-electron chi connectivity index (χ1n) is 11.3. The molecule has 0 N–H and O–H groups in total. The summed E-state index contributed by atoms with van der Waals surface area (Å²) in [6.07, 6.45) is 1.84. The maximum absolute atomic E-state index is 13.1. The second kappa shape index (κ2) is 8.88. The number of rotatable bonds is 5. The van der Waals surface area contributed by atoms with Crippen molar-refractivity contribution in [3.05, 3.63) is 46.6 Å². The van der Waals surface area contributed by atoms with E-state index in [0.29, 0.717) is 36.5 Å². The van der Waals surface area contributed by atoms with Gasteiger partial charge in [-0.05, 0) is 52.0 Å². The first-order valence-corrected chi connectivity index (χ1v) is 11.3. The molecule has 9 nitrogen and oxygen atoms in total. The van der Waals surface area contributed by atoms with Gasteiger partial charge in [0.2, 0.25) is 5.91 Å². The Morgan fingerprint density at radius 1 is 1.09 bits per heavy atom. The van der Waals surface area contributed by atoms with Gasteiger partial charge in [0, 0.05) is 44.8 Å².